The molecule has 0 radical (unpaired) electrons. The minimum Gasteiger partial charge on any atom is -0.462 e. The van der Waals surface area contributed by atoms with Crippen LogP contribution in [0.15, 0.2) is 36.5 Å². The molecule has 0 spiro atoms. The molecule has 6 heteroatoms. The topological polar surface area (TPSA) is 78.9 Å². The van der Waals surface area contributed by atoms with E-state index in [1.807, 2.05) is 0 Å². The van der Waals surface area contributed by atoms with Crippen molar-refractivity contribution in [2.45, 2.75) is 232 Å². The fourth-order valence-electron chi connectivity index (χ4n) is 6.28. The summed E-state index contributed by atoms with van der Waals surface area (Å²) in [7, 11) is 0. The van der Waals surface area contributed by atoms with Gasteiger partial charge in [-0.2, -0.15) is 0 Å². The lowest BCUT2D eigenvalue weighted by Crippen LogP contribution is -2.30. The minimum atomic E-state index is -0.770. The van der Waals surface area contributed by atoms with Crippen molar-refractivity contribution in [3.63, 3.8) is 0 Å². The van der Waals surface area contributed by atoms with Crippen LogP contribution in [0, 0.1) is 0 Å². The molecule has 0 heterocycles. The first-order valence-corrected chi connectivity index (χ1v) is 22.5. The maximum absolute atomic E-state index is 12.7. The van der Waals surface area contributed by atoms with Crippen molar-refractivity contribution in [2.75, 3.05) is 13.2 Å². The monoisotopic (exact) mass is 745 g/mol. The first kappa shape index (κ1) is 50.6. The Morgan fingerprint density at radius 3 is 1.15 bits per heavy atom. The Bertz CT molecular complexity index is 907. The van der Waals surface area contributed by atoms with Crippen molar-refractivity contribution in [1.82, 2.24) is 0 Å². The molecular formula is C47H84O6. The zero-order valence-electron chi connectivity index (χ0n) is 35.0. The number of carbonyl (C=O) groups is 3. The number of hydrogen-bond donors (Lipinski definition) is 0. The van der Waals surface area contributed by atoms with Gasteiger partial charge < -0.3 is 14.2 Å². The number of esters is 3. The Morgan fingerprint density at radius 2 is 0.736 bits per heavy atom. The third-order valence-corrected chi connectivity index (χ3v) is 9.66. The highest BCUT2D eigenvalue weighted by Crippen LogP contribution is 2.15. The van der Waals surface area contributed by atoms with E-state index in [-0.39, 0.29) is 31.1 Å². The van der Waals surface area contributed by atoms with Crippen LogP contribution in [0.25, 0.3) is 0 Å². The second-order valence-electron chi connectivity index (χ2n) is 14.9. The third-order valence-electron chi connectivity index (χ3n) is 9.66. The molecule has 1 atom stereocenters. The van der Waals surface area contributed by atoms with Gasteiger partial charge in [0.25, 0.3) is 0 Å². The zero-order chi connectivity index (χ0) is 38.7. The highest BCUT2D eigenvalue weighted by molar-refractivity contribution is 5.71. The fourth-order valence-corrected chi connectivity index (χ4v) is 6.28. The van der Waals surface area contributed by atoms with Crippen LogP contribution < -0.4 is 0 Å². The summed E-state index contributed by atoms with van der Waals surface area (Å²) in [5.74, 6) is -0.900. The Morgan fingerprint density at radius 1 is 0.396 bits per heavy atom. The summed E-state index contributed by atoms with van der Waals surface area (Å²) in [4.78, 5) is 37.5. The van der Waals surface area contributed by atoms with Crippen molar-refractivity contribution >= 4 is 17.9 Å². The molecule has 0 fully saturated rings. The highest BCUT2D eigenvalue weighted by Gasteiger charge is 2.19. The largest absolute Gasteiger partial charge is 0.462 e. The third kappa shape index (κ3) is 40.6. The molecule has 0 aliphatic rings. The second kappa shape index (κ2) is 42.4. The maximum Gasteiger partial charge on any atom is 0.306 e. The summed E-state index contributed by atoms with van der Waals surface area (Å²) >= 11 is 0. The summed E-state index contributed by atoms with van der Waals surface area (Å²) in [6, 6.07) is 0. The summed E-state index contributed by atoms with van der Waals surface area (Å²) in [5.41, 5.74) is 0. The summed E-state index contributed by atoms with van der Waals surface area (Å²) in [5, 5.41) is 0. The SMILES string of the molecule is CC/C=C\C/C=C\C/C=C\CCCCCCCC(=O)OCC(COC(=O)CCCCCCCC)OC(=O)CCCCCCCCCCCCCCCC. The summed E-state index contributed by atoms with van der Waals surface area (Å²) < 4.78 is 16.6. The number of unbranched alkanes of at least 4 members (excludes halogenated alkanes) is 23. The van der Waals surface area contributed by atoms with E-state index in [1.165, 1.54) is 89.9 Å². The summed E-state index contributed by atoms with van der Waals surface area (Å²) in [6.07, 6.45) is 47.1. The average molecular weight is 745 g/mol. The van der Waals surface area contributed by atoms with Gasteiger partial charge in [-0.15, -0.1) is 0 Å². The molecule has 0 aromatic carbocycles. The van der Waals surface area contributed by atoms with E-state index in [2.05, 4.69) is 57.2 Å². The second-order valence-corrected chi connectivity index (χ2v) is 14.9. The van der Waals surface area contributed by atoms with E-state index in [9.17, 15) is 14.4 Å². The van der Waals surface area contributed by atoms with Gasteiger partial charge in [0.2, 0.25) is 0 Å². The molecule has 0 aliphatic carbocycles. The van der Waals surface area contributed by atoms with Crippen LogP contribution in [0.4, 0.5) is 0 Å². The minimum absolute atomic E-state index is 0.0759. The van der Waals surface area contributed by atoms with Crippen LogP contribution in [0.2, 0.25) is 0 Å². The Kier molecular flexibility index (Phi) is 40.5. The lowest BCUT2D eigenvalue weighted by atomic mass is 10.0. The first-order valence-electron chi connectivity index (χ1n) is 22.5. The maximum atomic E-state index is 12.7. The standard InChI is InChI=1S/C47H84O6/c1-4-7-10-13-16-18-20-22-24-26-27-29-31-34-37-40-46(49)52-43-44(42-51-45(48)39-36-33-15-12-9-6-3)53-47(50)41-38-35-32-30-28-25-23-21-19-17-14-11-8-5-2/h7,10,16,18,22,24,44H,4-6,8-9,11-15,17,19-21,23,25-43H2,1-3H3/b10-7-,18-16-,24-22-. The number of ether oxygens (including phenoxy) is 3. The normalized spacial score (nSPS) is 12.3. The smallest absolute Gasteiger partial charge is 0.306 e. The van der Waals surface area contributed by atoms with Gasteiger partial charge in [0.15, 0.2) is 6.10 Å². The van der Waals surface area contributed by atoms with Crippen LogP contribution in [-0.2, 0) is 28.6 Å². The number of carbonyl (C=O) groups excluding carboxylic acids is 3. The van der Waals surface area contributed by atoms with Gasteiger partial charge in [0.05, 0.1) is 0 Å². The number of rotatable bonds is 40. The van der Waals surface area contributed by atoms with E-state index < -0.39 is 6.10 Å². The molecular weight excluding hydrogens is 661 g/mol. The highest BCUT2D eigenvalue weighted by atomic mass is 16.6. The average Bonchev–Trinajstić information content (AvgIpc) is 3.15. The lowest BCUT2D eigenvalue weighted by Gasteiger charge is -2.18. The quantitative estimate of drug-likeness (QED) is 0.0269. The zero-order valence-corrected chi connectivity index (χ0v) is 35.0. The Labute approximate surface area is 327 Å². The molecule has 0 aliphatic heterocycles. The summed E-state index contributed by atoms with van der Waals surface area (Å²) in [6.45, 7) is 6.45. The Hall–Kier alpha value is -2.37. The van der Waals surface area contributed by atoms with Crippen LogP contribution >= 0.6 is 0 Å². The van der Waals surface area contributed by atoms with Crippen LogP contribution in [-0.4, -0.2) is 37.2 Å². The van der Waals surface area contributed by atoms with Gasteiger partial charge in [-0.1, -0.05) is 192 Å². The molecule has 0 amide bonds. The molecule has 0 saturated heterocycles. The van der Waals surface area contributed by atoms with Crippen LogP contribution in [0.1, 0.15) is 226 Å². The van der Waals surface area contributed by atoms with E-state index in [0.29, 0.717) is 19.3 Å². The van der Waals surface area contributed by atoms with Gasteiger partial charge in [-0.25, -0.2) is 0 Å². The van der Waals surface area contributed by atoms with Gasteiger partial charge >= 0.3 is 17.9 Å². The fraction of sp³-hybridized carbons (Fsp3) is 0.809. The number of hydrogen-bond acceptors (Lipinski definition) is 6. The van der Waals surface area contributed by atoms with Crippen molar-refractivity contribution in [3.8, 4) is 0 Å². The molecule has 0 rings (SSSR count). The Balaban J connectivity index is 4.28. The first-order chi connectivity index (χ1) is 26.0. The predicted molar refractivity (Wildman–Crippen MR) is 224 cm³/mol. The van der Waals surface area contributed by atoms with Crippen molar-refractivity contribution in [1.29, 1.82) is 0 Å². The van der Waals surface area contributed by atoms with E-state index in [1.54, 1.807) is 0 Å². The van der Waals surface area contributed by atoms with E-state index in [0.717, 1.165) is 96.3 Å². The van der Waals surface area contributed by atoms with Gasteiger partial charge in [-0.3, -0.25) is 14.4 Å². The molecule has 6 nitrogen and oxygen atoms in total. The molecule has 1 unspecified atom stereocenters. The molecule has 0 bridgehead atoms. The lowest BCUT2D eigenvalue weighted by molar-refractivity contribution is -0.167. The van der Waals surface area contributed by atoms with Crippen molar-refractivity contribution < 1.29 is 28.6 Å². The molecule has 0 saturated carbocycles. The van der Waals surface area contributed by atoms with E-state index >= 15 is 0 Å². The van der Waals surface area contributed by atoms with Gasteiger partial charge in [0, 0.05) is 19.3 Å². The molecule has 53 heavy (non-hydrogen) atoms. The van der Waals surface area contributed by atoms with Gasteiger partial charge in [0.1, 0.15) is 13.2 Å². The van der Waals surface area contributed by atoms with Crippen LogP contribution in [0.3, 0.4) is 0 Å². The number of allylic oxidation sites excluding steroid dienone is 6. The molecule has 308 valence electrons. The predicted octanol–water partition coefficient (Wildman–Crippen LogP) is 14.2. The van der Waals surface area contributed by atoms with Gasteiger partial charge in [-0.05, 0) is 51.4 Å². The van der Waals surface area contributed by atoms with Crippen molar-refractivity contribution in [3.05, 3.63) is 36.5 Å². The molecule has 0 aromatic heterocycles. The molecule has 0 N–H and O–H groups in total. The van der Waals surface area contributed by atoms with Crippen LogP contribution in [0.5, 0.6) is 0 Å². The van der Waals surface area contributed by atoms with E-state index in [4.69, 9.17) is 14.2 Å². The molecule has 0 aromatic rings. The van der Waals surface area contributed by atoms with Crippen molar-refractivity contribution in [2.24, 2.45) is 0 Å².